The lowest BCUT2D eigenvalue weighted by molar-refractivity contribution is -0.118. The van der Waals surface area contributed by atoms with Crippen LogP contribution < -0.4 is 0 Å². The molecule has 0 saturated carbocycles. The lowest BCUT2D eigenvalue weighted by atomic mass is 9.89. The predicted octanol–water partition coefficient (Wildman–Crippen LogP) is 1.95. The monoisotopic (exact) mass is 188 g/mol. The van der Waals surface area contributed by atoms with Crippen molar-refractivity contribution < 1.29 is 9.59 Å². The summed E-state index contributed by atoms with van der Waals surface area (Å²) in [6.07, 6.45) is 1.97. The van der Waals surface area contributed by atoms with Crippen molar-refractivity contribution in [2.75, 3.05) is 0 Å². The predicted molar refractivity (Wildman–Crippen MR) is 53.5 cm³/mol. The number of hydrogen-bond donors (Lipinski definition) is 0. The van der Waals surface area contributed by atoms with Crippen molar-refractivity contribution in [2.45, 2.75) is 26.2 Å². The number of fused-ring (bicyclic) bond motifs is 1. The van der Waals surface area contributed by atoms with Gasteiger partial charge >= 0.3 is 0 Å². The third-order valence-corrected chi connectivity index (χ3v) is 2.67. The van der Waals surface area contributed by atoms with Gasteiger partial charge in [0.25, 0.3) is 0 Å². The molecule has 0 radical (unpaired) electrons. The van der Waals surface area contributed by atoms with E-state index in [1.165, 1.54) is 5.56 Å². The Morgan fingerprint density at radius 1 is 1.21 bits per heavy atom. The van der Waals surface area contributed by atoms with Gasteiger partial charge in [0.05, 0.1) is 0 Å². The number of benzene rings is 1. The molecule has 0 fully saturated rings. The molecular formula is C12H12O2. The summed E-state index contributed by atoms with van der Waals surface area (Å²) < 4.78 is 0. The zero-order chi connectivity index (χ0) is 10.1. The molecule has 0 spiro atoms. The minimum atomic E-state index is 0.0609. The lowest BCUT2D eigenvalue weighted by Crippen LogP contribution is -2.13. The van der Waals surface area contributed by atoms with Crippen molar-refractivity contribution in [3.8, 4) is 0 Å². The summed E-state index contributed by atoms with van der Waals surface area (Å²) >= 11 is 0. The zero-order valence-electron chi connectivity index (χ0n) is 8.17. The van der Waals surface area contributed by atoms with Crippen LogP contribution in [0.5, 0.6) is 0 Å². The van der Waals surface area contributed by atoms with E-state index in [1.807, 2.05) is 18.2 Å². The van der Waals surface area contributed by atoms with Crippen LogP contribution in [0, 0.1) is 0 Å². The molecular weight excluding hydrogens is 176 g/mol. The van der Waals surface area contributed by atoms with E-state index in [2.05, 4.69) is 0 Å². The van der Waals surface area contributed by atoms with E-state index in [0.29, 0.717) is 18.4 Å². The first-order valence-corrected chi connectivity index (χ1v) is 4.81. The standard InChI is InChI=1S/C12H12O2/c1-8(13)10-3-2-9-4-5-12(14)7-11(9)6-10/h2-3,6H,4-5,7H2,1H3. The third-order valence-electron chi connectivity index (χ3n) is 2.67. The smallest absolute Gasteiger partial charge is 0.159 e. The average Bonchev–Trinajstić information content (AvgIpc) is 2.16. The highest BCUT2D eigenvalue weighted by Crippen LogP contribution is 2.20. The van der Waals surface area contributed by atoms with Gasteiger partial charge in [-0.3, -0.25) is 9.59 Å². The molecule has 0 aliphatic heterocycles. The fourth-order valence-electron chi connectivity index (χ4n) is 1.83. The van der Waals surface area contributed by atoms with E-state index in [4.69, 9.17) is 0 Å². The Hall–Kier alpha value is -1.44. The van der Waals surface area contributed by atoms with Gasteiger partial charge in [0.2, 0.25) is 0 Å². The Kier molecular flexibility index (Phi) is 2.20. The van der Waals surface area contributed by atoms with Gasteiger partial charge in [-0.05, 0) is 30.5 Å². The molecule has 2 heteroatoms. The number of hydrogen-bond acceptors (Lipinski definition) is 2. The van der Waals surface area contributed by atoms with Crippen LogP contribution in [-0.4, -0.2) is 11.6 Å². The Morgan fingerprint density at radius 3 is 2.71 bits per heavy atom. The van der Waals surface area contributed by atoms with Crippen LogP contribution in [0.4, 0.5) is 0 Å². The Bertz CT molecular complexity index is 405. The third kappa shape index (κ3) is 1.60. The fourth-order valence-corrected chi connectivity index (χ4v) is 1.83. The van der Waals surface area contributed by atoms with Crippen molar-refractivity contribution in [3.63, 3.8) is 0 Å². The summed E-state index contributed by atoms with van der Waals surface area (Å²) in [5.74, 6) is 0.337. The number of Topliss-reactive ketones (excluding diaryl/α,β-unsaturated/α-hetero) is 2. The van der Waals surface area contributed by atoms with Gasteiger partial charge < -0.3 is 0 Å². The molecule has 0 saturated heterocycles. The molecule has 1 aromatic rings. The molecule has 72 valence electrons. The molecule has 0 amide bonds. The van der Waals surface area contributed by atoms with Gasteiger partial charge in [0.15, 0.2) is 5.78 Å². The van der Waals surface area contributed by atoms with Gasteiger partial charge in [-0.25, -0.2) is 0 Å². The van der Waals surface area contributed by atoms with E-state index in [9.17, 15) is 9.59 Å². The fraction of sp³-hybridized carbons (Fsp3) is 0.333. The topological polar surface area (TPSA) is 34.1 Å². The number of ketones is 2. The first kappa shape index (κ1) is 9.13. The van der Waals surface area contributed by atoms with E-state index < -0.39 is 0 Å². The lowest BCUT2D eigenvalue weighted by Gasteiger charge is -2.15. The molecule has 0 atom stereocenters. The molecule has 2 nitrogen and oxygen atoms in total. The Labute approximate surface area is 82.9 Å². The van der Waals surface area contributed by atoms with E-state index >= 15 is 0 Å². The number of aryl methyl sites for hydroxylation is 1. The van der Waals surface area contributed by atoms with Gasteiger partial charge in [0, 0.05) is 18.4 Å². The number of carbonyl (C=O) groups excluding carboxylic acids is 2. The maximum Gasteiger partial charge on any atom is 0.159 e. The molecule has 1 aromatic carbocycles. The van der Waals surface area contributed by atoms with Gasteiger partial charge in [-0.2, -0.15) is 0 Å². The van der Waals surface area contributed by atoms with Crippen LogP contribution in [0.25, 0.3) is 0 Å². The van der Waals surface area contributed by atoms with Crippen molar-refractivity contribution in [2.24, 2.45) is 0 Å². The van der Waals surface area contributed by atoms with E-state index in [0.717, 1.165) is 12.0 Å². The van der Waals surface area contributed by atoms with E-state index in [-0.39, 0.29) is 11.6 Å². The maximum absolute atomic E-state index is 11.2. The van der Waals surface area contributed by atoms with Crippen molar-refractivity contribution in [1.29, 1.82) is 0 Å². The number of rotatable bonds is 1. The van der Waals surface area contributed by atoms with E-state index in [1.54, 1.807) is 6.92 Å². The summed E-state index contributed by atoms with van der Waals surface area (Å²) in [5, 5.41) is 0. The first-order valence-electron chi connectivity index (χ1n) is 4.81. The second kappa shape index (κ2) is 3.37. The van der Waals surface area contributed by atoms with Crippen molar-refractivity contribution in [1.82, 2.24) is 0 Å². The zero-order valence-corrected chi connectivity index (χ0v) is 8.17. The molecule has 0 aromatic heterocycles. The summed E-state index contributed by atoms with van der Waals surface area (Å²) in [7, 11) is 0. The molecule has 2 rings (SSSR count). The van der Waals surface area contributed by atoms with Crippen LogP contribution in [0.15, 0.2) is 18.2 Å². The quantitative estimate of drug-likeness (QED) is 0.631. The van der Waals surface area contributed by atoms with Crippen LogP contribution in [-0.2, 0) is 17.6 Å². The summed E-state index contributed by atoms with van der Waals surface area (Å²) in [4.78, 5) is 22.3. The Morgan fingerprint density at radius 2 is 2.00 bits per heavy atom. The normalized spacial score (nSPS) is 15.1. The summed E-state index contributed by atoms with van der Waals surface area (Å²) in [6, 6.07) is 5.67. The average molecular weight is 188 g/mol. The van der Waals surface area contributed by atoms with Crippen LogP contribution in [0.1, 0.15) is 34.8 Å². The minimum absolute atomic E-state index is 0.0609. The highest BCUT2D eigenvalue weighted by Gasteiger charge is 2.16. The van der Waals surface area contributed by atoms with Crippen LogP contribution in [0.2, 0.25) is 0 Å². The van der Waals surface area contributed by atoms with Gasteiger partial charge in [0.1, 0.15) is 5.78 Å². The first-order chi connectivity index (χ1) is 6.66. The van der Waals surface area contributed by atoms with Gasteiger partial charge in [-0.1, -0.05) is 12.1 Å². The van der Waals surface area contributed by atoms with Gasteiger partial charge in [-0.15, -0.1) is 0 Å². The molecule has 1 aliphatic carbocycles. The molecule has 0 heterocycles. The molecule has 1 aliphatic rings. The largest absolute Gasteiger partial charge is 0.299 e. The molecule has 0 bridgehead atoms. The van der Waals surface area contributed by atoms with Crippen molar-refractivity contribution in [3.05, 3.63) is 34.9 Å². The highest BCUT2D eigenvalue weighted by atomic mass is 16.1. The second-order valence-electron chi connectivity index (χ2n) is 3.76. The second-order valence-corrected chi connectivity index (χ2v) is 3.76. The molecule has 14 heavy (non-hydrogen) atoms. The SMILES string of the molecule is CC(=O)c1ccc2c(c1)CC(=O)CC2. The van der Waals surface area contributed by atoms with Crippen LogP contribution in [0.3, 0.4) is 0 Å². The highest BCUT2D eigenvalue weighted by molar-refractivity contribution is 5.95. The molecule has 0 N–H and O–H groups in total. The Balaban J connectivity index is 2.42. The van der Waals surface area contributed by atoms with Crippen molar-refractivity contribution >= 4 is 11.6 Å². The number of carbonyl (C=O) groups is 2. The minimum Gasteiger partial charge on any atom is -0.299 e. The molecule has 0 unspecified atom stereocenters. The van der Waals surface area contributed by atoms with Crippen LogP contribution >= 0.6 is 0 Å². The summed E-state index contributed by atoms with van der Waals surface area (Å²) in [5.41, 5.74) is 2.96. The summed E-state index contributed by atoms with van der Waals surface area (Å²) in [6.45, 7) is 1.55. The maximum atomic E-state index is 11.2.